The van der Waals surface area contributed by atoms with Gasteiger partial charge in [0.2, 0.25) is 0 Å². The average molecular weight is 468 g/mol. The zero-order valence-electron chi connectivity index (χ0n) is 19.8. The molecule has 8 heteroatoms. The number of anilines is 1. The van der Waals surface area contributed by atoms with E-state index in [1.54, 1.807) is 13.3 Å². The maximum Gasteiger partial charge on any atom is 0.152 e. The van der Waals surface area contributed by atoms with Crippen LogP contribution in [0.5, 0.6) is 0 Å². The normalized spacial score (nSPS) is 24.3. The van der Waals surface area contributed by atoms with Gasteiger partial charge in [-0.05, 0) is 48.9 Å². The number of aliphatic hydroxyl groups excluding tert-OH is 1. The maximum atomic E-state index is 15.9. The number of nitrogens with zero attached hydrogens (tertiary/aromatic N) is 4. The van der Waals surface area contributed by atoms with Crippen molar-refractivity contribution in [2.75, 3.05) is 39.0 Å². The van der Waals surface area contributed by atoms with E-state index in [2.05, 4.69) is 33.2 Å². The molecule has 0 amide bonds. The second-order valence-electron chi connectivity index (χ2n) is 10.0. The summed E-state index contributed by atoms with van der Waals surface area (Å²) >= 11 is 0. The molecule has 5 rings (SSSR count). The number of pyridine rings is 1. The molecule has 2 saturated heterocycles. The van der Waals surface area contributed by atoms with Crippen LogP contribution in [-0.2, 0) is 16.8 Å². The van der Waals surface area contributed by atoms with E-state index in [1.165, 1.54) is 5.56 Å². The molecule has 0 bridgehead atoms. The Morgan fingerprint density at radius 1 is 1.15 bits per heavy atom. The first-order valence-electron chi connectivity index (χ1n) is 12.2. The number of benzene rings is 1. The minimum Gasteiger partial charge on any atom is -0.399 e. The number of piperidine rings is 2. The van der Waals surface area contributed by atoms with E-state index in [1.807, 2.05) is 23.1 Å². The Labute approximate surface area is 200 Å². The summed E-state index contributed by atoms with van der Waals surface area (Å²) in [4.78, 5) is 13.3. The van der Waals surface area contributed by atoms with Gasteiger partial charge in [-0.2, -0.15) is 0 Å². The molecule has 2 fully saturated rings. The Morgan fingerprint density at radius 2 is 1.88 bits per heavy atom. The quantitative estimate of drug-likeness (QED) is 0.658. The van der Waals surface area contributed by atoms with Crippen molar-refractivity contribution >= 4 is 11.5 Å². The third kappa shape index (κ3) is 4.30. The van der Waals surface area contributed by atoms with Gasteiger partial charge in [-0.25, -0.2) is 9.37 Å². The SMILES string of the molecule is CON=C1CC2(CCN(C(O)C3(F)CCN(Cc4ccnc(N)c4)CC3)CC2)c2ccccc21. The lowest BCUT2D eigenvalue weighted by Gasteiger charge is -2.47. The number of nitrogens with two attached hydrogens (primary N) is 1. The molecule has 3 heterocycles. The van der Waals surface area contributed by atoms with Crippen LogP contribution in [0.1, 0.15) is 48.8 Å². The van der Waals surface area contributed by atoms with Crippen molar-refractivity contribution in [1.29, 1.82) is 0 Å². The Morgan fingerprint density at radius 3 is 2.59 bits per heavy atom. The van der Waals surface area contributed by atoms with Crippen molar-refractivity contribution in [3.05, 3.63) is 59.3 Å². The summed E-state index contributed by atoms with van der Waals surface area (Å²) in [5.41, 5.74) is 8.70. The second-order valence-corrected chi connectivity index (χ2v) is 10.0. The third-order valence-electron chi connectivity index (χ3n) is 8.02. The van der Waals surface area contributed by atoms with E-state index in [4.69, 9.17) is 10.6 Å². The summed E-state index contributed by atoms with van der Waals surface area (Å²) in [6.07, 6.45) is 3.85. The fourth-order valence-electron chi connectivity index (χ4n) is 6.06. The number of alkyl halides is 1. The summed E-state index contributed by atoms with van der Waals surface area (Å²) in [5, 5.41) is 15.4. The average Bonchev–Trinajstić information content (AvgIpc) is 3.14. The van der Waals surface area contributed by atoms with Gasteiger partial charge in [0, 0.05) is 56.3 Å². The Balaban J connectivity index is 1.20. The van der Waals surface area contributed by atoms with Crippen molar-refractivity contribution in [2.45, 2.75) is 56.0 Å². The zero-order chi connectivity index (χ0) is 23.8. The standard InChI is InChI=1S/C26H34FN5O2/c1-34-30-22-17-25(21-5-3-2-4-20(21)22)7-14-32(15-8-25)24(33)26(27)9-12-31(13-10-26)18-19-6-11-29-23(28)16-19/h2-6,11,16,24,33H,7-10,12-15,17-18H2,1H3,(H2,28,29). The van der Waals surface area contributed by atoms with E-state index in [9.17, 15) is 5.11 Å². The molecule has 0 saturated carbocycles. The summed E-state index contributed by atoms with van der Waals surface area (Å²) in [5.74, 6) is 0.498. The first-order valence-corrected chi connectivity index (χ1v) is 12.2. The lowest BCUT2D eigenvalue weighted by molar-refractivity contribution is -0.139. The number of oxime groups is 1. The fourth-order valence-corrected chi connectivity index (χ4v) is 6.06. The van der Waals surface area contributed by atoms with E-state index in [-0.39, 0.29) is 5.41 Å². The van der Waals surface area contributed by atoms with E-state index in [0.717, 1.165) is 42.6 Å². The highest BCUT2D eigenvalue weighted by Gasteiger charge is 2.49. The van der Waals surface area contributed by atoms with Gasteiger partial charge in [0.05, 0.1) is 5.71 Å². The molecule has 1 aromatic carbocycles. The van der Waals surface area contributed by atoms with Gasteiger partial charge >= 0.3 is 0 Å². The molecule has 1 spiro atoms. The molecule has 2 aromatic rings. The zero-order valence-corrected chi connectivity index (χ0v) is 19.8. The van der Waals surface area contributed by atoms with Crippen LogP contribution in [0.2, 0.25) is 0 Å². The molecule has 3 N–H and O–H groups in total. The largest absolute Gasteiger partial charge is 0.399 e. The predicted molar refractivity (Wildman–Crippen MR) is 130 cm³/mol. The van der Waals surface area contributed by atoms with E-state index in [0.29, 0.717) is 44.8 Å². The molecule has 1 unspecified atom stereocenters. The number of aromatic nitrogens is 1. The van der Waals surface area contributed by atoms with Crippen LogP contribution in [0, 0.1) is 0 Å². The van der Waals surface area contributed by atoms with Gasteiger partial charge in [0.25, 0.3) is 0 Å². The number of hydrogen-bond donors (Lipinski definition) is 2. The van der Waals surface area contributed by atoms with Crippen molar-refractivity contribution in [2.24, 2.45) is 5.16 Å². The first-order chi connectivity index (χ1) is 16.4. The van der Waals surface area contributed by atoms with Crippen molar-refractivity contribution in [3.8, 4) is 0 Å². The van der Waals surface area contributed by atoms with Crippen LogP contribution in [0.25, 0.3) is 0 Å². The number of aliphatic hydroxyl groups is 1. The van der Waals surface area contributed by atoms with Crippen LogP contribution in [0.15, 0.2) is 47.8 Å². The number of nitrogen functional groups attached to an aromatic ring is 1. The van der Waals surface area contributed by atoms with Gasteiger partial charge in [-0.1, -0.05) is 29.4 Å². The van der Waals surface area contributed by atoms with Crippen molar-refractivity contribution in [1.82, 2.24) is 14.8 Å². The van der Waals surface area contributed by atoms with Crippen LogP contribution >= 0.6 is 0 Å². The van der Waals surface area contributed by atoms with Gasteiger partial charge in [-0.15, -0.1) is 0 Å². The third-order valence-corrected chi connectivity index (χ3v) is 8.02. The molecular formula is C26H34FN5O2. The van der Waals surface area contributed by atoms with Crippen LogP contribution in [-0.4, -0.2) is 70.8 Å². The van der Waals surface area contributed by atoms with Crippen LogP contribution < -0.4 is 5.73 Å². The van der Waals surface area contributed by atoms with E-state index >= 15 is 4.39 Å². The molecule has 182 valence electrons. The minimum atomic E-state index is -1.59. The number of likely N-dealkylation sites (tertiary alicyclic amines) is 2. The highest BCUT2D eigenvalue weighted by atomic mass is 19.1. The molecule has 1 atom stereocenters. The lowest BCUT2D eigenvalue weighted by Crippen LogP contribution is -2.57. The molecule has 0 radical (unpaired) electrons. The first kappa shape index (κ1) is 23.2. The molecule has 1 aliphatic carbocycles. The van der Waals surface area contributed by atoms with Crippen LogP contribution in [0.4, 0.5) is 10.2 Å². The molecule has 34 heavy (non-hydrogen) atoms. The molecular weight excluding hydrogens is 433 g/mol. The predicted octanol–water partition coefficient (Wildman–Crippen LogP) is 3.07. The second kappa shape index (κ2) is 9.24. The summed E-state index contributed by atoms with van der Waals surface area (Å²) in [6, 6.07) is 12.2. The molecule has 3 aliphatic rings. The van der Waals surface area contributed by atoms with Crippen molar-refractivity contribution in [3.63, 3.8) is 0 Å². The fraction of sp³-hybridized carbons (Fsp3) is 0.538. The van der Waals surface area contributed by atoms with Crippen LogP contribution in [0.3, 0.4) is 0 Å². The maximum absolute atomic E-state index is 15.9. The lowest BCUT2D eigenvalue weighted by atomic mass is 9.73. The Bertz CT molecular complexity index is 1040. The number of hydrogen-bond acceptors (Lipinski definition) is 7. The van der Waals surface area contributed by atoms with Gasteiger partial charge in [-0.3, -0.25) is 9.80 Å². The van der Waals surface area contributed by atoms with Gasteiger partial charge in [0.15, 0.2) is 5.67 Å². The summed E-state index contributed by atoms with van der Waals surface area (Å²) in [6.45, 7) is 3.27. The number of rotatable bonds is 5. The molecule has 1 aromatic heterocycles. The Kier molecular flexibility index (Phi) is 6.31. The van der Waals surface area contributed by atoms with Crippen molar-refractivity contribution < 1.29 is 14.3 Å². The minimum absolute atomic E-state index is 0.0105. The van der Waals surface area contributed by atoms with Gasteiger partial charge < -0.3 is 15.7 Å². The molecule has 7 nitrogen and oxygen atoms in total. The highest BCUT2D eigenvalue weighted by molar-refractivity contribution is 6.05. The summed E-state index contributed by atoms with van der Waals surface area (Å²) in [7, 11) is 1.58. The highest BCUT2D eigenvalue weighted by Crippen LogP contribution is 2.47. The number of fused-ring (bicyclic) bond motifs is 2. The smallest absolute Gasteiger partial charge is 0.152 e. The molecule has 2 aliphatic heterocycles. The monoisotopic (exact) mass is 467 g/mol. The van der Waals surface area contributed by atoms with Gasteiger partial charge in [0.1, 0.15) is 19.2 Å². The topological polar surface area (TPSA) is 87.2 Å². The van der Waals surface area contributed by atoms with E-state index < -0.39 is 11.9 Å². The summed E-state index contributed by atoms with van der Waals surface area (Å²) < 4.78 is 15.9. The number of halogens is 1. The Hall–Kier alpha value is -2.55.